The summed E-state index contributed by atoms with van der Waals surface area (Å²) in [6.45, 7) is 0.134. The number of anilines is 1. The number of aromatic nitrogens is 1. The summed E-state index contributed by atoms with van der Waals surface area (Å²) in [5.41, 5.74) is 0.630. The molecule has 0 spiro atoms. The molecule has 0 aromatic carbocycles. The number of pyridine rings is 1. The number of fused-ring (bicyclic) bond motifs is 1. The Kier molecular flexibility index (Phi) is 2.34. The Bertz CT molecular complexity index is 408. The number of alkyl halides is 2. The van der Waals surface area contributed by atoms with Crippen molar-refractivity contribution in [1.29, 1.82) is 0 Å². The predicted octanol–water partition coefficient (Wildman–Crippen LogP) is 1.37. The predicted molar refractivity (Wildman–Crippen MR) is 46.3 cm³/mol. The SMILES string of the molecule is O=C(C(F)F)N1CCc2nc(F)ccc21. The first-order valence-corrected chi connectivity index (χ1v) is 4.34. The number of hydrogen-bond donors (Lipinski definition) is 0. The van der Waals surface area contributed by atoms with Crippen LogP contribution in [0.3, 0.4) is 0 Å². The molecule has 0 saturated heterocycles. The molecular weight excluding hydrogens is 209 g/mol. The summed E-state index contributed by atoms with van der Waals surface area (Å²) < 4.78 is 37.0. The van der Waals surface area contributed by atoms with E-state index >= 15 is 0 Å². The zero-order valence-electron chi connectivity index (χ0n) is 7.58. The van der Waals surface area contributed by atoms with Crippen molar-refractivity contribution in [2.75, 3.05) is 11.4 Å². The van der Waals surface area contributed by atoms with Crippen LogP contribution in [-0.4, -0.2) is 23.9 Å². The Morgan fingerprint density at radius 3 is 2.87 bits per heavy atom. The van der Waals surface area contributed by atoms with Crippen LogP contribution in [0.15, 0.2) is 12.1 Å². The van der Waals surface area contributed by atoms with Gasteiger partial charge in [0.2, 0.25) is 5.95 Å². The lowest BCUT2D eigenvalue weighted by Crippen LogP contribution is -2.34. The van der Waals surface area contributed by atoms with E-state index in [9.17, 15) is 18.0 Å². The minimum atomic E-state index is -3.04. The van der Waals surface area contributed by atoms with Crippen molar-refractivity contribution in [3.8, 4) is 0 Å². The molecule has 0 atom stereocenters. The van der Waals surface area contributed by atoms with Crippen LogP contribution >= 0.6 is 0 Å². The molecule has 1 aliphatic rings. The Balaban J connectivity index is 2.33. The quantitative estimate of drug-likeness (QED) is 0.664. The highest BCUT2D eigenvalue weighted by atomic mass is 19.3. The van der Waals surface area contributed by atoms with Gasteiger partial charge in [0.25, 0.3) is 5.91 Å². The molecule has 0 N–H and O–H groups in total. The van der Waals surface area contributed by atoms with Gasteiger partial charge in [-0.15, -0.1) is 0 Å². The topological polar surface area (TPSA) is 33.2 Å². The highest BCUT2D eigenvalue weighted by Gasteiger charge is 2.30. The number of halogens is 3. The molecule has 1 aromatic rings. The standard InChI is InChI=1S/C9H7F3N2O/c10-7-2-1-6-5(13-7)3-4-14(6)9(15)8(11)12/h1-2,8H,3-4H2. The molecule has 15 heavy (non-hydrogen) atoms. The third kappa shape index (κ3) is 1.67. The Morgan fingerprint density at radius 1 is 1.47 bits per heavy atom. The van der Waals surface area contributed by atoms with E-state index in [4.69, 9.17) is 0 Å². The molecule has 2 rings (SSSR count). The first-order chi connectivity index (χ1) is 7.09. The number of hydrogen-bond acceptors (Lipinski definition) is 2. The second-order valence-corrected chi connectivity index (χ2v) is 3.14. The van der Waals surface area contributed by atoms with Crippen molar-refractivity contribution in [1.82, 2.24) is 4.98 Å². The smallest absolute Gasteiger partial charge is 0.305 e. The molecule has 0 unspecified atom stereocenters. The number of nitrogens with zero attached hydrogens (tertiary/aromatic N) is 2. The third-order valence-corrected chi connectivity index (χ3v) is 2.23. The van der Waals surface area contributed by atoms with Gasteiger partial charge in [0.1, 0.15) is 0 Å². The number of carbonyl (C=O) groups excluding carboxylic acids is 1. The number of carbonyl (C=O) groups is 1. The summed E-state index contributed by atoms with van der Waals surface area (Å²) in [6.07, 6.45) is -2.73. The summed E-state index contributed by atoms with van der Waals surface area (Å²) in [5.74, 6) is -1.93. The van der Waals surface area contributed by atoms with E-state index in [-0.39, 0.29) is 12.2 Å². The molecule has 1 amide bonds. The van der Waals surface area contributed by atoms with Gasteiger partial charge in [0.05, 0.1) is 11.4 Å². The first-order valence-electron chi connectivity index (χ1n) is 4.34. The largest absolute Gasteiger partial charge is 0.316 e. The van der Waals surface area contributed by atoms with Crippen LogP contribution < -0.4 is 4.90 Å². The monoisotopic (exact) mass is 216 g/mol. The molecule has 0 saturated carbocycles. The molecule has 3 nitrogen and oxygen atoms in total. The van der Waals surface area contributed by atoms with E-state index < -0.39 is 18.3 Å². The molecule has 0 fully saturated rings. The lowest BCUT2D eigenvalue weighted by atomic mass is 10.3. The van der Waals surface area contributed by atoms with Gasteiger partial charge in [-0.25, -0.2) is 4.98 Å². The lowest BCUT2D eigenvalue weighted by molar-refractivity contribution is -0.128. The minimum Gasteiger partial charge on any atom is -0.305 e. The van der Waals surface area contributed by atoms with Crippen LogP contribution in [0.4, 0.5) is 18.9 Å². The number of rotatable bonds is 1. The molecule has 1 aromatic heterocycles. The summed E-state index contributed by atoms with van der Waals surface area (Å²) in [4.78, 5) is 15.5. The molecule has 1 aliphatic heterocycles. The minimum absolute atomic E-state index is 0.134. The summed E-state index contributed by atoms with van der Waals surface area (Å²) in [6, 6.07) is 2.35. The molecule has 2 heterocycles. The first kappa shape index (κ1) is 9.95. The molecule has 6 heteroatoms. The van der Waals surface area contributed by atoms with E-state index in [0.29, 0.717) is 12.1 Å². The normalized spacial score (nSPS) is 14.5. The second-order valence-electron chi connectivity index (χ2n) is 3.14. The third-order valence-electron chi connectivity index (χ3n) is 2.23. The van der Waals surface area contributed by atoms with Crippen molar-refractivity contribution >= 4 is 11.6 Å². The fraction of sp³-hybridized carbons (Fsp3) is 0.333. The van der Waals surface area contributed by atoms with Gasteiger partial charge in [0, 0.05) is 13.0 Å². The Morgan fingerprint density at radius 2 is 2.20 bits per heavy atom. The van der Waals surface area contributed by atoms with Crippen LogP contribution in [0.2, 0.25) is 0 Å². The number of amides is 1. The average Bonchev–Trinajstić information content (AvgIpc) is 2.59. The maximum absolute atomic E-state index is 12.7. The molecule has 0 aliphatic carbocycles. The van der Waals surface area contributed by atoms with Gasteiger partial charge in [-0.05, 0) is 12.1 Å². The van der Waals surface area contributed by atoms with Crippen molar-refractivity contribution in [2.45, 2.75) is 12.8 Å². The highest BCUT2D eigenvalue weighted by Crippen LogP contribution is 2.27. The highest BCUT2D eigenvalue weighted by molar-refractivity contribution is 5.97. The maximum atomic E-state index is 12.7. The van der Waals surface area contributed by atoms with Crippen LogP contribution in [0.25, 0.3) is 0 Å². The van der Waals surface area contributed by atoms with Gasteiger partial charge in [-0.2, -0.15) is 13.2 Å². The average molecular weight is 216 g/mol. The van der Waals surface area contributed by atoms with Gasteiger partial charge in [-0.1, -0.05) is 0 Å². The van der Waals surface area contributed by atoms with E-state index in [0.717, 1.165) is 11.0 Å². The van der Waals surface area contributed by atoms with Crippen molar-refractivity contribution in [3.63, 3.8) is 0 Å². The zero-order chi connectivity index (χ0) is 11.0. The van der Waals surface area contributed by atoms with Crippen LogP contribution in [-0.2, 0) is 11.2 Å². The van der Waals surface area contributed by atoms with Crippen LogP contribution in [0.5, 0.6) is 0 Å². The van der Waals surface area contributed by atoms with Crippen LogP contribution in [0, 0.1) is 5.95 Å². The van der Waals surface area contributed by atoms with Crippen LogP contribution in [0.1, 0.15) is 5.69 Å². The van der Waals surface area contributed by atoms with Crippen molar-refractivity contribution in [3.05, 3.63) is 23.8 Å². The molecule has 0 radical (unpaired) electrons. The Hall–Kier alpha value is -1.59. The fourth-order valence-corrected chi connectivity index (χ4v) is 1.58. The summed E-state index contributed by atoms with van der Waals surface area (Å²) >= 11 is 0. The van der Waals surface area contributed by atoms with Crippen molar-refractivity contribution < 1.29 is 18.0 Å². The molecular formula is C9H7F3N2O. The van der Waals surface area contributed by atoms with E-state index in [2.05, 4.69) is 4.98 Å². The van der Waals surface area contributed by atoms with Gasteiger partial charge in [0.15, 0.2) is 0 Å². The summed E-state index contributed by atoms with van der Waals surface area (Å²) in [5, 5.41) is 0. The van der Waals surface area contributed by atoms with E-state index in [1.54, 1.807) is 0 Å². The lowest BCUT2D eigenvalue weighted by Gasteiger charge is -2.15. The van der Waals surface area contributed by atoms with Gasteiger partial charge >= 0.3 is 6.43 Å². The van der Waals surface area contributed by atoms with Gasteiger partial charge < -0.3 is 4.90 Å². The van der Waals surface area contributed by atoms with E-state index in [1.807, 2.05) is 0 Å². The molecule has 0 bridgehead atoms. The van der Waals surface area contributed by atoms with Gasteiger partial charge in [-0.3, -0.25) is 4.79 Å². The second kappa shape index (κ2) is 3.52. The maximum Gasteiger partial charge on any atom is 0.316 e. The molecule has 80 valence electrons. The Labute approximate surface area is 83.5 Å². The van der Waals surface area contributed by atoms with E-state index in [1.165, 1.54) is 6.07 Å². The fourth-order valence-electron chi connectivity index (χ4n) is 1.58. The zero-order valence-corrected chi connectivity index (χ0v) is 7.58. The summed E-state index contributed by atoms with van der Waals surface area (Å²) in [7, 11) is 0. The van der Waals surface area contributed by atoms with Crippen molar-refractivity contribution in [2.24, 2.45) is 0 Å².